The first kappa shape index (κ1) is 20.6. The van der Waals surface area contributed by atoms with Gasteiger partial charge >= 0.3 is 0 Å². The van der Waals surface area contributed by atoms with Gasteiger partial charge in [-0.3, -0.25) is 14.4 Å². The van der Waals surface area contributed by atoms with E-state index in [2.05, 4.69) is 5.48 Å². The van der Waals surface area contributed by atoms with Crippen molar-refractivity contribution < 1.29 is 28.7 Å². The summed E-state index contributed by atoms with van der Waals surface area (Å²) in [5, 5.41) is 0. The lowest BCUT2D eigenvalue weighted by Gasteiger charge is -2.36. The summed E-state index contributed by atoms with van der Waals surface area (Å²) in [5.74, 6) is 0.103. The molecule has 3 aliphatic rings. The molecular formula is C22H26N2O6. The minimum atomic E-state index is -0.887. The maximum absolute atomic E-state index is 13.1. The topological polar surface area (TPSA) is 94.2 Å². The van der Waals surface area contributed by atoms with E-state index in [1.54, 1.807) is 29.2 Å². The predicted molar refractivity (Wildman–Crippen MR) is 107 cm³/mol. The van der Waals surface area contributed by atoms with E-state index in [1.807, 2.05) is 0 Å². The summed E-state index contributed by atoms with van der Waals surface area (Å²) in [7, 11) is 0. The molecule has 1 aromatic carbocycles. The fourth-order valence-corrected chi connectivity index (χ4v) is 4.07. The number of nitrogens with one attached hydrogen (secondary N) is 1. The number of nitrogens with zero attached hydrogens (tertiary/aromatic N) is 1. The van der Waals surface area contributed by atoms with Gasteiger partial charge in [0.15, 0.2) is 11.9 Å². The number of amides is 2. The molecule has 0 aliphatic carbocycles. The Kier molecular flexibility index (Phi) is 5.87. The Balaban J connectivity index is 1.37. The molecule has 8 heteroatoms. The Bertz CT molecular complexity index is 866. The van der Waals surface area contributed by atoms with Gasteiger partial charge in [0.2, 0.25) is 11.7 Å². The number of ether oxygens (including phenoxy) is 2. The Morgan fingerprint density at radius 2 is 2.07 bits per heavy atom. The van der Waals surface area contributed by atoms with Gasteiger partial charge in [-0.1, -0.05) is 6.07 Å². The number of ketones is 1. The molecule has 1 aromatic rings. The third-order valence-corrected chi connectivity index (χ3v) is 5.84. The zero-order chi connectivity index (χ0) is 21.1. The molecule has 2 amide bonds. The molecule has 0 radical (unpaired) electrons. The van der Waals surface area contributed by atoms with Crippen LogP contribution in [-0.2, 0) is 19.2 Å². The van der Waals surface area contributed by atoms with Gasteiger partial charge in [0.1, 0.15) is 5.75 Å². The van der Waals surface area contributed by atoms with Gasteiger partial charge in [-0.05, 0) is 36.6 Å². The van der Waals surface area contributed by atoms with E-state index in [1.165, 1.54) is 13.0 Å². The van der Waals surface area contributed by atoms with Crippen molar-refractivity contribution in [1.29, 1.82) is 0 Å². The lowest BCUT2D eigenvalue weighted by atomic mass is 9.85. The minimum Gasteiger partial charge on any atom is -0.478 e. The van der Waals surface area contributed by atoms with Crippen LogP contribution in [0.1, 0.15) is 54.9 Å². The number of carbonyl (C=O) groups is 3. The average molecular weight is 414 g/mol. The third kappa shape index (κ3) is 4.24. The average Bonchev–Trinajstić information content (AvgIpc) is 3.03. The number of hydrogen-bond acceptors (Lipinski definition) is 6. The Morgan fingerprint density at radius 3 is 2.77 bits per heavy atom. The smallest absolute Gasteiger partial charge is 0.267 e. The molecular weight excluding hydrogens is 388 g/mol. The normalized spacial score (nSPS) is 22.8. The molecule has 2 saturated heterocycles. The van der Waals surface area contributed by atoms with E-state index in [4.69, 9.17) is 14.3 Å². The van der Waals surface area contributed by atoms with Crippen molar-refractivity contribution in [2.24, 2.45) is 0 Å². The number of hydrogen-bond donors (Lipinski definition) is 1. The second-order valence-electron chi connectivity index (χ2n) is 7.90. The van der Waals surface area contributed by atoms with Crippen molar-refractivity contribution in [3.63, 3.8) is 0 Å². The Hall–Kier alpha value is -2.71. The summed E-state index contributed by atoms with van der Waals surface area (Å²) in [4.78, 5) is 43.6. The predicted octanol–water partition coefficient (Wildman–Crippen LogP) is 2.23. The van der Waals surface area contributed by atoms with Gasteiger partial charge < -0.3 is 14.4 Å². The second-order valence-corrected chi connectivity index (χ2v) is 7.90. The molecule has 2 fully saturated rings. The highest BCUT2D eigenvalue weighted by atomic mass is 16.8. The van der Waals surface area contributed by atoms with Crippen LogP contribution in [0.3, 0.4) is 0 Å². The second kappa shape index (κ2) is 8.57. The number of hydroxylamine groups is 1. The fourth-order valence-electron chi connectivity index (χ4n) is 4.07. The molecule has 160 valence electrons. The molecule has 8 nitrogen and oxygen atoms in total. The van der Waals surface area contributed by atoms with Crippen LogP contribution in [0.5, 0.6) is 5.75 Å². The Labute approximate surface area is 175 Å². The van der Waals surface area contributed by atoms with E-state index in [9.17, 15) is 14.4 Å². The van der Waals surface area contributed by atoms with E-state index in [-0.39, 0.29) is 11.7 Å². The van der Waals surface area contributed by atoms with Crippen molar-refractivity contribution in [2.45, 2.75) is 50.9 Å². The number of fused-ring (bicyclic) bond motifs is 1. The molecule has 1 spiro atoms. The first-order chi connectivity index (χ1) is 14.5. The molecule has 0 aromatic heterocycles. The van der Waals surface area contributed by atoms with Crippen LogP contribution in [0, 0.1) is 0 Å². The van der Waals surface area contributed by atoms with E-state index >= 15 is 0 Å². The van der Waals surface area contributed by atoms with Crippen molar-refractivity contribution in [3.8, 4) is 5.75 Å². The summed E-state index contributed by atoms with van der Waals surface area (Å²) in [6.45, 7) is 3.18. The quantitative estimate of drug-likeness (QED) is 0.600. The lowest BCUT2D eigenvalue weighted by Crippen LogP contribution is -2.51. The molecule has 0 saturated carbocycles. The van der Waals surface area contributed by atoms with Crippen molar-refractivity contribution in [2.75, 3.05) is 19.7 Å². The van der Waals surface area contributed by atoms with Crippen LogP contribution in [-0.4, -0.2) is 54.1 Å². The third-order valence-electron chi connectivity index (χ3n) is 5.84. The van der Waals surface area contributed by atoms with Gasteiger partial charge in [0, 0.05) is 52.0 Å². The van der Waals surface area contributed by atoms with Crippen molar-refractivity contribution in [3.05, 3.63) is 35.4 Å². The number of Topliss-reactive ketones (excluding diaryl/α,β-unsaturated/α-hetero) is 1. The van der Waals surface area contributed by atoms with Crippen LogP contribution in [0.2, 0.25) is 0 Å². The number of carbonyl (C=O) groups excluding carboxylic acids is 3. The first-order valence-electron chi connectivity index (χ1n) is 10.4. The van der Waals surface area contributed by atoms with Gasteiger partial charge in [0.25, 0.3) is 5.91 Å². The van der Waals surface area contributed by atoms with E-state index in [0.717, 1.165) is 19.3 Å². The standard InChI is InChI=1S/C22H26N2O6/c1-15(25)24-11-9-22(10-12-24)21(27)17-14-16(5-7-18(17)29-22)6-8-19(26)23-30-20-4-2-3-13-28-20/h5-8,14,20H,2-4,9-13H2,1H3,(H,23,26). The molecule has 0 bridgehead atoms. The van der Waals surface area contributed by atoms with Gasteiger partial charge in [-0.15, -0.1) is 0 Å². The molecule has 3 aliphatic heterocycles. The first-order valence-corrected chi connectivity index (χ1v) is 10.4. The SMILES string of the molecule is CC(=O)N1CCC2(CC1)Oc1ccc(C=CC(=O)NOC3CCCCO3)cc1C2=O. The highest BCUT2D eigenvalue weighted by Crippen LogP contribution is 2.41. The molecule has 4 rings (SSSR count). The highest BCUT2D eigenvalue weighted by molar-refractivity contribution is 6.08. The van der Waals surface area contributed by atoms with Crippen molar-refractivity contribution in [1.82, 2.24) is 10.4 Å². The highest BCUT2D eigenvalue weighted by Gasteiger charge is 2.49. The van der Waals surface area contributed by atoms with Gasteiger partial charge in [-0.2, -0.15) is 0 Å². The minimum absolute atomic E-state index is 0.0116. The zero-order valence-corrected chi connectivity index (χ0v) is 17.0. The summed E-state index contributed by atoms with van der Waals surface area (Å²) in [6.07, 6.45) is 6.30. The maximum Gasteiger partial charge on any atom is 0.267 e. The largest absolute Gasteiger partial charge is 0.478 e. The van der Waals surface area contributed by atoms with Crippen LogP contribution in [0.25, 0.3) is 6.08 Å². The van der Waals surface area contributed by atoms with Crippen LogP contribution < -0.4 is 10.2 Å². The summed E-state index contributed by atoms with van der Waals surface area (Å²) < 4.78 is 11.4. The maximum atomic E-state index is 13.1. The molecule has 3 heterocycles. The monoisotopic (exact) mass is 414 g/mol. The molecule has 1 N–H and O–H groups in total. The van der Waals surface area contributed by atoms with Gasteiger partial charge in [0.05, 0.1) is 5.56 Å². The summed E-state index contributed by atoms with van der Waals surface area (Å²) >= 11 is 0. The number of piperidine rings is 1. The Morgan fingerprint density at radius 1 is 1.27 bits per heavy atom. The van der Waals surface area contributed by atoms with Crippen LogP contribution in [0.15, 0.2) is 24.3 Å². The fraction of sp³-hybridized carbons (Fsp3) is 0.500. The van der Waals surface area contributed by atoms with Crippen LogP contribution >= 0.6 is 0 Å². The number of likely N-dealkylation sites (tertiary alicyclic amines) is 1. The molecule has 1 atom stereocenters. The van der Waals surface area contributed by atoms with Crippen LogP contribution in [0.4, 0.5) is 0 Å². The molecule has 30 heavy (non-hydrogen) atoms. The van der Waals surface area contributed by atoms with E-state index < -0.39 is 17.8 Å². The zero-order valence-electron chi connectivity index (χ0n) is 17.0. The molecule has 1 unspecified atom stereocenters. The summed E-state index contributed by atoms with van der Waals surface area (Å²) in [6, 6.07) is 5.28. The lowest BCUT2D eigenvalue weighted by molar-refractivity contribution is -0.198. The van der Waals surface area contributed by atoms with Crippen molar-refractivity contribution >= 4 is 23.7 Å². The van der Waals surface area contributed by atoms with Gasteiger partial charge in [-0.25, -0.2) is 10.3 Å². The number of benzene rings is 1. The number of rotatable bonds is 4. The van der Waals surface area contributed by atoms with E-state index in [0.29, 0.717) is 49.4 Å². The summed E-state index contributed by atoms with van der Waals surface area (Å²) in [5.41, 5.74) is 2.71.